The van der Waals surface area contributed by atoms with Crippen molar-refractivity contribution in [2.24, 2.45) is 10.8 Å². The van der Waals surface area contributed by atoms with E-state index in [-0.39, 0.29) is 88.1 Å². The Labute approximate surface area is 442 Å². The number of hydrogen-bond acceptors (Lipinski definition) is 4. The van der Waals surface area contributed by atoms with Gasteiger partial charge in [0.15, 0.2) is 0 Å². The summed E-state index contributed by atoms with van der Waals surface area (Å²) in [5, 5.41) is 0. The van der Waals surface area contributed by atoms with E-state index in [0.29, 0.717) is 37.3 Å². The molecule has 4 aromatic rings. The van der Waals surface area contributed by atoms with Gasteiger partial charge in [0.2, 0.25) is 0 Å². The summed E-state index contributed by atoms with van der Waals surface area (Å²) in [7, 11) is 8.98. The monoisotopic (exact) mass is 1170 g/mol. The molecule has 0 aliphatic rings. The third kappa shape index (κ3) is 29.1. The van der Waals surface area contributed by atoms with Gasteiger partial charge in [0, 0.05) is 11.1 Å². The van der Waals surface area contributed by atoms with Crippen LogP contribution in [-0.4, -0.2) is 89.9 Å². The van der Waals surface area contributed by atoms with Crippen molar-refractivity contribution in [2.45, 2.75) is 106 Å². The van der Waals surface area contributed by atoms with Gasteiger partial charge in [-0.3, -0.25) is 0 Å². The molecule has 65 heavy (non-hydrogen) atoms. The molecule has 0 radical (unpaired) electrons. The fraction of sp³-hybridized carbons (Fsp3) is 0.556. The van der Waals surface area contributed by atoms with Gasteiger partial charge in [0.25, 0.3) is 0 Å². The van der Waals surface area contributed by atoms with Crippen LogP contribution in [-0.2, 0) is 61.1 Å². The average Bonchev–Trinajstić information content (AvgIpc) is 3.14. The van der Waals surface area contributed by atoms with Crippen LogP contribution in [0.4, 0.5) is 0 Å². The first kappa shape index (κ1) is 67.7. The van der Waals surface area contributed by atoms with Crippen molar-refractivity contribution < 1.29 is 105 Å². The van der Waals surface area contributed by atoms with E-state index >= 15 is 0 Å². The van der Waals surface area contributed by atoms with Gasteiger partial charge >= 0.3 is 27.7 Å². The maximum atomic E-state index is 5.87. The molecule has 6 nitrogen and oxygen atoms in total. The van der Waals surface area contributed by atoms with Crippen LogP contribution in [0.3, 0.4) is 0 Å². The minimum Gasteiger partial charge on any atom is -1.00 e. The summed E-state index contributed by atoms with van der Waals surface area (Å²) in [5.74, 6) is 1.82. The number of quaternary nitrogens is 2. The number of nitrogens with zero attached hydrogens (tertiary/aromatic N) is 2. The Bertz CT molecular complexity index is 1650. The summed E-state index contributed by atoms with van der Waals surface area (Å²) >= 11 is 0. The molecule has 0 saturated heterocycles. The number of likely N-dealkylation sites (N-methyl/N-ethyl adjacent to an activating group) is 2. The first-order valence-electron chi connectivity index (χ1n) is 22.3. The minimum atomic E-state index is 0. The van der Waals surface area contributed by atoms with Gasteiger partial charge in [-0.1, -0.05) is 154 Å². The number of halogens is 4. The third-order valence-electron chi connectivity index (χ3n) is 10.8. The molecule has 0 fully saturated rings. The zero-order valence-electron chi connectivity index (χ0n) is 42.6. The average molecular weight is 1170 g/mol. The van der Waals surface area contributed by atoms with Crippen LogP contribution in [0, 0.1) is 10.8 Å². The number of hydrogen-bond donors (Lipinski definition) is 0. The van der Waals surface area contributed by atoms with Gasteiger partial charge in [-0.05, 0) is 69.9 Å². The second-order valence-electron chi connectivity index (χ2n) is 21.8. The van der Waals surface area contributed by atoms with Crippen molar-refractivity contribution in [3.05, 3.63) is 131 Å². The number of benzene rings is 4. The van der Waals surface area contributed by atoms with E-state index in [4.69, 9.17) is 18.9 Å². The second kappa shape index (κ2) is 31.5. The fourth-order valence-corrected chi connectivity index (χ4v) is 8.44. The van der Waals surface area contributed by atoms with Crippen LogP contribution in [0.5, 0.6) is 11.5 Å². The normalized spacial score (nSPS) is 11.8. The molecule has 0 spiro atoms. The van der Waals surface area contributed by atoms with Crippen LogP contribution in [0.1, 0.15) is 104 Å². The molecule has 0 amide bonds. The van der Waals surface area contributed by atoms with Crippen molar-refractivity contribution in [1.82, 2.24) is 0 Å². The molecular weight excluding hydrogens is 1080 g/mol. The van der Waals surface area contributed by atoms with E-state index in [0.717, 1.165) is 72.7 Å². The Morgan fingerprint density at radius 3 is 0.954 bits per heavy atom. The van der Waals surface area contributed by atoms with E-state index in [2.05, 4.69) is 207 Å². The van der Waals surface area contributed by atoms with Crippen LogP contribution in [0.2, 0.25) is 0 Å². The summed E-state index contributed by atoms with van der Waals surface area (Å²) in [4.78, 5) is 0. The minimum absolute atomic E-state index is 0. The van der Waals surface area contributed by atoms with E-state index in [1.807, 2.05) is 0 Å². The molecule has 0 saturated carbocycles. The molecule has 0 aromatic heterocycles. The first-order valence-corrected chi connectivity index (χ1v) is 22.3. The zero-order chi connectivity index (χ0) is 44.5. The van der Waals surface area contributed by atoms with Crippen LogP contribution in [0.15, 0.2) is 109 Å². The van der Waals surface area contributed by atoms with Crippen molar-refractivity contribution in [3.63, 3.8) is 0 Å². The van der Waals surface area contributed by atoms with Crippen molar-refractivity contribution in [2.75, 3.05) is 80.9 Å². The van der Waals surface area contributed by atoms with Crippen LogP contribution in [0.25, 0.3) is 0 Å². The predicted molar refractivity (Wildman–Crippen MR) is 254 cm³/mol. The van der Waals surface area contributed by atoms with Crippen LogP contribution < -0.4 is 59.1 Å². The fourth-order valence-electron chi connectivity index (χ4n) is 8.44. The van der Waals surface area contributed by atoms with Gasteiger partial charge in [-0.25, -0.2) is 0 Å². The quantitative estimate of drug-likeness (QED) is 0.0640. The SMILES string of the molecule is CC(C)(C)CC(C)(C)c1ccc(OCCOCC[N+](C)(C)Cc2ccccc2)cc1.CC(C)(C)CC(C)(C)c1ccc(OCCOCC[N+](C)(C)Cc2ccccc2)cc1.[Cl-].[Cl-].[Cl-].[Cl-].[Hg+2]. The van der Waals surface area contributed by atoms with Gasteiger partial charge in [0.05, 0.1) is 54.6 Å². The molecule has 0 heterocycles. The van der Waals surface area contributed by atoms with Gasteiger partial charge in [-0.2, -0.15) is 0 Å². The molecule has 0 aliphatic carbocycles. The Hall–Kier alpha value is -1.58. The maximum absolute atomic E-state index is 5.87. The smallest absolute Gasteiger partial charge is 1.00 e. The molecule has 0 N–H and O–H groups in total. The molecular formula is C54H84Cl4HgN2O4. The molecule has 0 aliphatic heterocycles. The van der Waals surface area contributed by atoms with Crippen molar-refractivity contribution in [1.29, 1.82) is 0 Å². The second-order valence-corrected chi connectivity index (χ2v) is 21.8. The topological polar surface area (TPSA) is 36.9 Å². The zero-order valence-corrected chi connectivity index (χ0v) is 51.1. The van der Waals surface area contributed by atoms with E-state index in [1.165, 1.54) is 22.3 Å². The Balaban J connectivity index is -0.00000110. The van der Waals surface area contributed by atoms with E-state index in [9.17, 15) is 0 Å². The third-order valence-corrected chi connectivity index (χ3v) is 10.8. The van der Waals surface area contributed by atoms with Crippen molar-refractivity contribution in [3.8, 4) is 11.5 Å². The molecule has 0 bridgehead atoms. The molecule has 11 heteroatoms. The Morgan fingerprint density at radius 1 is 0.385 bits per heavy atom. The van der Waals surface area contributed by atoms with E-state index < -0.39 is 0 Å². The summed E-state index contributed by atoms with van der Waals surface area (Å²) in [6.45, 7) is 30.9. The summed E-state index contributed by atoms with van der Waals surface area (Å²) < 4.78 is 25.2. The summed E-state index contributed by atoms with van der Waals surface area (Å²) in [5.41, 5.74) is 6.38. The molecule has 364 valence electrons. The molecule has 4 aromatic carbocycles. The van der Waals surface area contributed by atoms with Crippen LogP contribution >= 0.6 is 0 Å². The van der Waals surface area contributed by atoms with Crippen molar-refractivity contribution >= 4 is 0 Å². The molecule has 0 unspecified atom stereocenters. The maximum Gasteiger partial charge on any atom is 2.00 e. The predicted octanol–water partition coefficient (Wildman–Crippen LogP) is 0.158. The summed E-state index contributed by atoms with van der Waals surface area (Å²) in [6, 6.07) is 38.4. The van der Waals surface area contributed by atoms with Gasteiger partial charge in [0.1, 0.15) is 50.9 Å². The van der Waals surface area contributed by atoms with Gasteiger partial charge < -0.3 is 77.5 Å². The van der Waals surface area contributed by atoms with Gasteiger partial charge in [-0.15, -0.1) is 0 Å². The Kier molecular flexibility index (Phi) is 32.8. The van der Waals surface area contributed by atoms with E-state index in [1.54, 1.807) is 0 Å². The number of rotatable bonds is 22. The first-order chi connectivity index (χ1) is 27.9. The molecule has 0 atom stereocenters. The molecule has 4 rings (SSSR count). The Morgan fingerprint density at radius 2 is 0.677 bits per heavy atom. The number of ether oxygens (including phenoxy) is 4. The largest absolute Gasteiger partial charge is 2.00 e. The summed E-state index contributed by atoms with van der Waals surface area (Å²) in [6.07, 6.45) is 2.29. The standard InChI is InChI=1S/2C27H42NO2.4ClH.Hg/c2*1-26(2,3)22-27(4,5)24-13-15-25(16-14-24)30-20-19-29-18-17-28(6,7)21-23-11-9-8-10-12-23;;;;;/h2*8-16H,17-22H2,1-7H3;4*1H;/q2*+1;;;;;+2/p-4.